The van der Waals surface area contributed by atoms with Crippen LogP contribution in [0.1, 0.15) is 12.8 Å². The van der Waals surface area contributed by atoms with Crippen molar-refractivity contribution >= 4 is 0 Å². The summed E-state index contributed by atoms with van der Waals surface area (Å²) in [5.74, 6) is 0. The van der Waals surface area contributed by atoms with E-state index in [9.17, 15) is 0 Å². The van der Waals surface area contributed by atoms with Crippen molar-refractivity contribution in [3.63, 3.8) is 0 Å². The predicted molar refractivity (Wildman–Crippen MR) is 34.5 cm³/mol. The third kappa shape index (κ3) is 0.779. The first-order chi connectivity index (χ1) is 4.79. The van der Waals surface area contributed by atoms with E-state index in [4.69, 9.17) is 14.9 Å². The van der Waals surface area contributed by atoms with Crippen LogP contribution >= 0.6 is 0 Å². The second-order valence-electron chi connectivity index (χ2n) is 3.44. The van der Waals surface area contributed by atoms with Crippen molar-refractivity contribution in [1.29, 1.82) is 0 Å². The summed E-state index contributed by atoms with van der Waals surface area (Å²) in [6, 6.07) is 0. The van der Waals surface area contributed by atoms with Crippen molar-refractivity contribution in [2.24, 2.45) is 5.41 Å². The van der Waals surface area contributed by atoms with Crippen LogP contribution in [0.5, 0.6) is 0 Å². The minimum atomic E-state index is -0.215. The molecule has 0 spiro atoms. The van der Waals surface area contributed by atoms with Gasteiger partial charge >= 0.3 is 0 Å². The number of ether oxygens (including phenoxy) is 1. The molecule has 2 atom stereocenters. The first-order valence-corrected chi connectivity index (χ1v) is 3.67. The van der Waals surface area contributed by atoms with Crippen molar-refractivity contribution in [2.75, 3.05) is 13.2 Å². The Hall–Kier alpha value is -0.120. The molecule has 1 saturated carbocycles. The molecular weight excluding hydrogens is 132 g/mol. The van der Waals surface area contributed by atoms with Gasteiger partial charge in [0.2, 0.25) is 0 Å². The van der Waals surface area contributed by atoms with Crippen molar-refractivity contribution in [3.8, 4) is 0 Å². The summed E-state index contributed by atoms with van der Waals surface area (Å²) < 4.78 is 5.19. The Labute approximate surface area is 59.6 Å². The molecule has 0 amide bonds. The lowest BCUT2D eigenvalue weighted by molar-refractivity contribution is 0.0295. The Morgan fingerprint density at radius 2 is 1.70 bits per heavy atom. The second-order valence-corrected chi connectivity index (χ2v) is 3.44. The van der Waals surface area contributed by atoms with Crippen molar-refractivity contribution in [2.45, 2.75) is 25.0 Å². The lowest BCUT2D eigenvalue weighted by Gasteiger charge is -2.24. The van der Waals surface area contributed by atoms with E-state index in [1.807, 2.05) is 0 Å². The quantitative estimate of drug-likeness (QED) is 0.514. The zero-order valence-electron chi connectivity index (χ0n) is 5.79. The molecule has 1 heterocycles. The van der Waals surface area contributed by atoms with Gasteiger partial charge in [0, 0.05) is 5.41 Å². The Balaban J connectivity index is 2.02. The SMILES string of the molecule is OCC1(CO)CC2OC2C1. The lowest BCUT2D eigenvalue weighted by atomic mass is 9.88. The van der Waals surface area contributed by atoms with E-state index in [-0.39, 0.29) is 18.6 Å². The Morgan fingerprint density at radius 1 is 1.20 bits per heavy atom. The summed E-state index contributed by atoms with van der Waals surface area (Å²) >= 11 is 0. The highest BCUT2D eigenvalue weighted by atomic mass is 16.6. The Kier molecular flexibility index (Phi) is 1.27. The molecule has 1 aliphatic carbocycles. The molecule has 2 rings (SSSR count). The molecular formula is C7H12O3. The number of fused-ring (bicyclic) bond motifs is 1. The number of aliphatic hydroxyl groups excluding tert-OH is 2. The highest BCUT2D eigenvalue weighted by Gasteiger charge is 2.55. The van der Waals surface area contributed by atoms with Gasteiger partial charge in [-0.05, 0) is 12.8 Å². The minimum absolute atomic E-state index is 0.0971. The number of rotatable bonds is 2. The van der Waals surface area contributed by atoms with Crippen LogP contribution in [0.4, 0.5) is 0 Å². The zero-order chi connectivity index (χ0) is 7.19. The summed E-state index contributed by atoms with van der Waals surface area (Å²) in [5.41, 5.74) is -0.215. The van der Waals surface area contributed by atoms with Gasteiger partial charge in [0.15, 0.2) is 0 Å². The van der Waals surface area contributed by atoms with E-state index in [0.717, 1.165) is 12.8 Å². The summed E-state index contributed by atoms with van der Waals surface area (Å²) in [7, 11) is 0. The van der Waals surface area contributed by atoms with E-state index >= 15 is 0 Å². The number of aliphatic hydroxyl groups is 2. The molecule has 58 valence electrons. The van der Waals surface area contributed by atoms with Crippen LogP contribution in [-0.4, -0.2) is 35.6 Å². The average Bonchev–Trinajstić information content (AvgIpc) is 2.60. The van der Waals surface area contributed by atoms with E-state index in [1.54, 1.807) is 0 Å². The molecule has 2 fully saturated rings. The third-order valence-electron chi connectivity index (χ3n) is 2.63. The first kappa shape index (κ1) is 6.58. The Morgan fingerprint density at radius 3 is 2.00 bits per heavy atom. The molecule has 2 aliphatic rings. The lowest BCUT2D eigenvalue weighted by Crippen LogP contribution is -2.28. The molecule has 1 saturated heterocycles. The Bertz CT molecular complexity index is 130. The van der Waals surface area contributed by atoms with Gasteiger partial charge in [0.05, 0.1) is 25.4 Å². The highest BCUT2D eigenvalue weighted by Crippen LogP contribution is 2.49. The summed E-state index contributed by atoms with van der Waals surface area (Å²) in [6.45, 7) is 0.194. The fraction of sp³-hybridized carbons (Fsp3) is 1.00. The molecule has 0 aromatic heterocycles. The van der Waals surface area contributed by atoms with Gasteiger partial charge < -0.3 is 14.9 Å². The van der Waals surface area contributed by atoms with Crippen LogP contribution in [-0.2, 0) is 4.74 Å². The molecule has 2 unspecified atom stereocenters. The standard InChI is InChI=1S/C7H12O3/c8-3-7(4-9)1-5-6(2-7)10-5/h5-6,8-9H,1-4H2. The molecule has 10 heavy (non-hydrogen) atoms. The second kappa shape index (κ2) is 1.94. The smallest absolute Gasteiger partial charge is 0.0849 e. The number of epoxide rings is 1. The highest BCUT2D eigenvalue weighted by molar-refractivity contribution is 5.03. The van der Waals surface area contributed by atoms with Crippen LogP contribution in [0, 0.1) is 5.41 Å². The topological polar surface area (TPSA) is 53.0 Å². The van der Waals surface area contributed by atoms with Crippen LogP contribution in [0.25, 0.3) is 0 Å². The van der Waals surface area contributed by atoms with Gasteiger partial charge in [-0.15, -0.1) is 0 Å². The fourth-order valence-electron chi connectivity index (χ4n) is 1.78. The maximum atomic E-state index is 8.94. The molecule has 3 heteroatoms. The molecule has 1 aliphatic heterocycles. The summed E-state index contributed by atoms with van der Waals surface area (Å²) in [5, 5.41) is 17.9. The van der Waals surface area contributed by atoms with Crippen LogP contribution in [0.2, 0.25) is 0 Å². The van der Waals surface area contributed by atoms with E-state index in [1.165, 1.54) is 0 Å². The van der Waals surface area contributed by atoms with E-state index in [2.05, 4.69) is 0 Å². The van der Waals surface area contributed by atoms with Crippen molar-refractivity contribution in [1.82, 2.24) is 0 Å². The van der Waals surface area contributed by atoms with Gasteiger partial charge in [0.1, 0.15) is 0 Å². The van der Waals surface area contributed by atoms with Crippen molar-refractivity contribution in [3.05, 3.63) is 0 Å². The third-order valence-corrected chi connectivity index (χ3v) is 2.63. The summed E-state index contributed by atoms with van der Waals surface area (Å²) in [4.78, 5) is 0. The molecule has 0 aromatic carbocycles. The molecule has 0 bridgehead atoms. The number of hydrogen-bond acceptors (Lipinski definition) is 3. The van der Waals surface area contributed by atoms with Crippen LogP contribution < -0.4 is 0 Å². The van der Waals surface area contributed by atoms with E-state index < -0.39 is 0 Å². The molecule has 0 radical (unpaired) electrons. The first-order valence-electron chi connectivity index (χ1n) is 3.67. The van der Waals surface area contributed by atoms with Crippen molar-refractivity contribution < 1.29 is 14.9 Å². The normalized spacial score (nSPS) is 41.4. The molecule has 2 N–H and O–H groups in total. The molecule has 3 nitrogen and oxygen atoms in total. The van der Waals surface area contributed by atoms with Gasteiger partial charge in [0.25, 0.3) is 0 Å². The largest absolute Gasteiger partial charge is 0.396 e. The van der Waals surface area contributed by atoms with Gasteiger partial charge in [-0.1, -0.05) is 0 Å². The monoisotopic (exact) mass is 144 g/mol. The fourth-order valence-corrected chi connectivity index (χ4v) is 1.78. The number of hydrogen-bond donors (Lipinski definition) is 2. The van der Waals surface area contributed by atoms with Gasteiger partial charge in [-0.2, -0.15) is 0 Å². The van der Waals surface area contributed by atoms with Gasteiger partial charge in [-0.3, -0.25) is 0 Å². The van der Waals surface area contributed by atoms with Crippen LogP contribution in [0.15, 0.2) is 0 Å². The van der Waals surface area contributed by atoms with E-state index in [0.29, 0.717) is 12.2 Å². The van der Waals surface area contributed by atoms with Crippen LogP contribution in [0.3, 0.4) is 0 Å². The summed E-state index contributed by atoms with van der Waals surface area (Å²) in [6.07, 6.45) is 2.37. The maximum Gasteiger partial charge on any atom is 0.0849 e. The zero-order valence-corrected chi connectivity index (χ0v) is 5.79. The predicted octanol–water partition coefficient (Wildman–Crippen LogP) is -0.481. The molecule has 0 aromatic rings. The average molecular weight is 144 g/mol. The minimum Gasteiger partial charge on any atom is -0.396 e. The maximum absolute atomic E-state index is 8.94. The van der Waals surface area contributed by atoms with Gasteiger partial charge in [-0.25, -0.2) is 0 Å².